The van der Waals surface area contributed by atoms with Crippen LogP contribution in [0.25, 0.3) is 38.3 Å². The SMILES string of the molecule is COc1ccc2cc(Cn3c(C(=O)OCCN(C)C)c(C4=CC=CCC4=O)c4c5occc5c(F)cc43)c(Cl)nc2c1. The van der Waals surface area contributed by atoms with E-state index in [1.165, 1.54) is 18.4 Å². The summed E-state index contributed by atoms with van der Waals surface area (Å²) < 4.78 is 33.9. The molecule has 5 aromatic rings. The van der Waals surface area contributed by atoms with Crippen molar-refractivity contribution in [3.63, 3.8) is 0 Å². The zero-order valence-electron chi connectivity index (χ0n) is 23.2. The summed E-state index contributed by atoms with van der Waals surface area (Å²) in [7, 11) is 5.31. The maximum atomic E-state index is 15.4. The molecule has 0 spiro atoms. The highest BCUT2D eigenvalue weighted by atomic mass is 35.5. The molecule has 0 radical (unpaired) electrons. The summed E-state index contributed by atoms with van der Waals surface area (Å²) in [5.74, 6) is -0.717. The van der Waals surface area contributed by atoms with Crippen molar-refractivity contribution in [3.8, 4) is 5.75 Å². The van der Waals surface area contributed by atoms with Crippen molar-refractivity contribution in [1.29, 1.82) is 0 Å². The number of hydrogen-bond acceptors (Lipinski definition) is 7. The molecule has 1 aliphatic rings. The predicted molar refractivity (Wildman–Crippen MR) is 160 cm³/mol. The van der Waals surface area contributed by atoms with E-state index in [-0.39, 0.29) is 47.2 Å². The van der Waals surface area contributed by atoms with Crippen LogP contribution in [0, 0.1) is 5.82 Å². The van der Waals surface area contributed by atoms with Crippen molar-refractivity contribution < 1.29 is 27.9 Å². The van der Waals surface area contributed by atoms with Crippen molar-refractivity contribution in [1.82, 2.24) is 14.5 Å². The number of aromatic nitrogens is 2. The highest BCUT2D eigenvalue weighted by molar-refractivity contribution is 6.31. The molecule has 0 saturated carbocycles. The Morgan fingerprint density at radius 2 is 2.05 bits per heavy atom. The molecule has 1 aliphatic carbocycles. The quantitative estimate of drug-likeness (QED) is 0.153. The minimum Gasteiger partial charge on any atom is -0.497 e. The molecule has 214 valence electrons. The first kappa shape index (κ1) is 27.7. The summed E-state index contributed by atoms with van der Waals surface area (Å²) in [5.41, 5.74) is 2.58. The summed E-state index contributed by atoms with van der Waals surface area (Å²) >= 11 is 6.68. The van der Waals surface area contributed by atoms with Crippen LogP contribution in [0.4, 0.5) is 4.39 Å². The van der Waals surface area contributed by atoms with Crippen LogP contribution in [0.1, 0.15) is 28.0 Å². The smallest absolute Gasteiger partial charge is 0.355 e. The summed E-state index contributed by atoms with van der Waals surface area (Å²) in [6, 6.07) is 10.2. The average molecular weight is 588 g/mol. The Hall–Kier alpha value is -4.47. The Balaban J connectivity index is 1.62. The molecule has 10 heteroatoms. The number of hydrogen-bond donors (Lipinski definition) is 0. The largest absolute Gasteiger partial charge is 0.497 e. The summed E-state index contributed by atoms with van der Waals surface area (Å²) in [6.45, 7) is 0.655. The van der Waals surface area contributed by atoms with E-state index in [4.69, 9.17) is 25.5 Å². The molecule has 2 aromatic carbocycles. The average Bonchev–Trinajstić information content (AvgIpc) is 3.57. The number of methoxy groups -OCH3 is 1. The van der Waals surface area contributed by atoms with Crippen LogP contribution in [-0.2, 0) is 16.1 Å². The fourth-order valence-electron chi connectivity index (χ4n) is 5.27. The van der Waals surface area contributed by atoms with Gasteiger partial charge in [0.25, 0.3) is 0 Å². The first-order valence-electron chi connectivity index (χ1n) is 13.3. The number of halogens is 2. The Morgan fingerprint density at radius 1 is 1.21 bits per heavy atom. The minimum absolute atomic E-state index is 0.0470. The molecule has 0 bridgehead atoms. The number of nitrogens with zero attached hydrogens (tertiary/aromatic N) is 3. The highest BCUT2D eigenvalue weighted by Gasteiger charge is 2.32. The lowest BCUT2D eigenvalue weighted by molar-refractivity contribution is -0.113. The Bertz CT molecular complexity index is 1950. The van der Waals surface area contributed by atoms with E-state index in [9.17, 15) is 9.59 Å². The van der Waals surface area contributed by atoms with Crippen molar-refractivity contribution >= 4 is 61.7 Å². The number of allylic oxidation sites excluding steroid dienone is 4. The highest BCUT2D eigenvalue weighted by Crippen LogP contribution is 2.41. The van der Waals surface area contributed by atoms with Crippen LogP contribution < -0.4 is 4.74 Å². The van der Waals surface area contributed by atoms with Gasteiger partial charge in [-0.05, 0) is 44.4 Å². The maximum absolute atomic E-state index is 15.4. The fourth-order valence-corrected chi connectivity index (χ4v) is 5.48. The summed E-state index contributed by atoms with van der Waals surface area (Å²) in [4.78, 5) is 33.6. The molecule has 3 aromatic heterocycles. The molecule has 42 heavy (non-hydrogen) atoms. The number of likely N-dealkylation sites (N-methyl/N-ethyl adjacent to an activating group) is 1. The monoisotopic (exact) mass is 587 g/mol. The third-order valence-electron chi connectivity index (χ3n) is 7.33. The first-order chi connectivity index (χ1) is 20.3. The third-order valence-corrected chi connectivity index (χ3v) is 7.66. The van der Waals surface area contributed by atoms with Crippen molar-refractivity contribution in [3.05, 3.63) is 88.7 Å². The zero-order chi connectivity index (χ0) is 29.5. The van der Waals surface area contributed by atoms with Crippen LogP contribution in [0.5, 0.6) is 5.75 Å². The number of benzene rings is 2. The van der Waals surface area contributed by atoms with E-state index in [1.54, 1.807) is 36.0 Å². The normalized spacial score (nSPS) is 13.5. The lowest BCUT2D eigenvalue weighted by atomic mass is 9.93. The van der Waals surface area contributed by atoms with Gasteiger partial charge in [0.1, 0.15) is 34.6 Å². The van der Waals surface area contributed by atoms with E-state index in [2.05, 4.69) is 4.98 Å². The lowest BCUT2D eigenvalue weighted by Crippen LogP contribution is -2.22. The Labute approximate surface area is 245 Å². The maximum Gasteiger partial charge on any atom is 0.355 e. The van der Waals surface area contributed by atoms with E-state index >= 15 is 4.39 Å². The number of ketones is 1. The molecule has 8 nitrogen and oxygen atoms in total. The van der Waals surface area contributed by atoms with Crippen LogP contribution in [0.15, 0.2) is 65.3 Å². The summed E-state index contributed by atoms with van der Waals surface area (Å²) in [5, 5.41) is 1.70. The van der Waals surface area contributed by atoms with Gasteiger partial charge in [0, 0.05) is 41.1 Å². The molecular formula is C32H27ClFN3O5. The molecule has 0 saturated heterocycles. The van der Waals surface area contributed by atoms with Gasteiger partial charge in [-0.25, -0.2) is 14.2 Å². The Morgan fingerprint density at radius 3 is 2.81 bits per heavy atom. The van der Waals surface area contributed by atoms with Gasteiger partial charge in [-0.15, -0.1) is 0 Å². The van der Waals surface area contributed by atoms with Crippen LogP contribution in [-0.4, -0.2) is 60.6 Å². The van der Waals surface area contributed by atoms with E-state index in [1.807, 2.05) is 37.2 Å². The number of furan rings is 1. The van der Waals surface area contributed by atoms with Gasteiger partial charge in [-0.2, -0.15) is 0 Å². The predicted octanol–water partition coefficient (Wildman–Crippen LogP) is 6.42. The Kier molecular flexibility index (Phi) is 7.30. The number of rotatable bonds is 8. The lowest BCUT2D eigenvalue weighted by Gasteiger charge is -2.16. The molecule has 0 atom stereocenters. The van der Waals surface area contributed by atoms with E-state index in [0.717, 1.165) is 5.39 Å². The molecule has 3 heterocycles. The second-order valence-electron chi connectivity index (χ2n) is 10.3. The summed E-state index contributed by atoms with van der Waals surface area (Å²) in [6.07, 6.45) is 6.73. The van der Waals surface area contributed by atoms with Gasteiger partial charge in [-0.1, -0.05) is 29.8 Å². The van der Waals surface area contributed by atoms with Gasteiger partial charge in [0.15, 0.2) is 5.78 Å². The fraction of sp³-hybridized carbons (Fsp3) is 0.219. The third kappa shape index (κ3) is 4.84. The topological polar surface area (TPSA) is 86.8 Å². The number of pyridine rings is 1. The molecule has 0 amide bonds. The minimum atomic E-state index is -0.652. The molecule has 0 fully saturated rings. The second-order valence-corrected chi connectivity index (χ2v) is 10.7. The molecule has 0 aliphatic heterocycles. The van der Waals surface area contributed by atoms with E-state index in [0.29, 0.717) is 45.4 Å². The number of carbonyl (C=O) groups excluding carboxylic acids is 2. The van der Waals surface area contributed by atoms with Crippen molar-refractivity contribution in [2.45, 2.75) is 13.0 Å². The van der Waals surface area contributed by atoms with E-state index < -0.39 is 11.8 Å². The van der Waals surface area contributed by atoms with Crippen LogP contribution in [0.3, 0.4) is 0 Å². The second kappa shape index (κ2) is 11.1. The first-order valence-corrected chi connectivity index (χ1v) is 13.7. The molecule has 6 rings (SSSR count). The number of esters is 1. The molecule has 0 N–H and O–H groups in total. The van der Waals surface area contributed by atoms with Crippen molar-refractivity contribution in [2.75, 3.05) is 34.4 Å². The van der Waals surface area contributed by atoms with Gasteiger partial charge in [0.05, 0.1) is 41.7 Å². The van der Waals surface area contributed by atoms with Crippen molar-refractivity contribution in [2.24, 2.45) is 0 Å². The number of ether oxygens (including phenoxy) is 2. The number of Topliss-reactive ketones (excluding diaryl/α,β-unsaturated/α-hetero) is 1. The molecule has 0 unspecified atom stereocenters. The van der Waals surface area contributed by atoms with Crippen LogP contribution >= 0.6 is 11.6 Å². The standard InChI is InChI=1S/C32H27ClFN3O5/c1-36(2)11-13-42-32(39)29-27(22-6-4-5-7-26(22)38)28-25(16-23(34)21-10-12-41-30(21)28)37(29)17-19-14-18-8-9-20(40-3)15-24(18)35-31(19)33/h4-6,8-10,12,14-16H,7,11,13,17H2,1-3H3. The molecular weight excluding hydrogens is 561 g/mol. The van der Waals surface area contributed by atoms with Gasteiger partial charge < -0.3 is 23.4 Å². The zero-order valence-corrected chi connectivity index (χ0v) is 24.0. The number of carbonyl (C=O) groups is 2. The number of fused-ring (bicyclic) bond motifs is 4. The van der Waals surface area contributed by atoms with Gasteiger partial charge >= 0.3 is 5.97 Å². The van der Waals surface area contributed by atoms with Crippen LogP contribution in [0.2, 0.25) is 5.15 Å². The van der Waals surface area contributed by atoms with Gasteiger partial charge in [0.2, 0.25) is 0 Å². The van der Waals surface area contributed by atoms with Gasteiger partial charge in [-0.3, -0.25) is 4.79 Å².